The van der Waals surface area contributed by atoms with Gasteiger partial charge in [0.15, 0.2) is 0 Å². The Morgan fingerprint density at radius 2 is 2.07 bits per heavy atom. The Labute approximate surface area is 97.8 Å². The lowest BCUT2D eigenvalue weighted by Crippen LogP contribution is -2.36. The van der Waals surface area contributed by atoms with Gasteiger partial charge in [0.2, 0.25) is 10.0 Å². The molecule has 0 saturated heterocycles. The molecule has 15 heavy (non-hydrogen) atoms. The van der Waals surface area contributed by atoms with Crippen molar-refractivity contribution in [2.24, 2.45) is 0 Å². The average molecular weight is 267 g/mol. The van der Waals surface area contributed by atoms with Crippen LogP contribution in [0.5, 0.6) is 0 Å². The van der Waals surface area contributed by atoms with Crippen LogP contribution in [0.2, 0.25) is 10.0 Å². The van der Waals surface area contributed by atoms with Crippen molar-refractivity contribution >= 4 is 38.9 Å². The molecule has 1 aliphatic heterocycles. The first-order chi connectivity index (χ1) is 6.93. The lowest BCUT2D eigenvalue weighted by atomic mass is 10.3. The molecule has 7 heteroatoms. The second-order valence-corrected chi connectivity index (χ2v) is 6.06. The fraction of sp³-hybridized carbons (Fsp3) is 0.250. The number of benzene rings is 1. The molecule has 0 bridgehead atoms. The third-order valence-electron chi connectivity index (χ3n) is 2.19. The van der Waals surface area contributed by atoms with Crippen LogP contribution >= 0.6 is 23.2 Å². The van der Waals surface area contributed by atoms with Crippen LogP contribution in [0.15, 0.2) is 17.0 Å². The van der Waals surface area contributed by atoms with E-state index in [1.807, 2.05) is 0 Å². The van der Waals surface area contributed by atoms with Gasteiger partial charge in [0.25, 0.3) is 0 Å². The molecular formula is C8H8Cl2N2O2S. The van der Waals surface area contributed by atoms with Gasteiger partial charge >= 0.3 is 0 Å². The minimum atomic E-state index is -3.46. The van der Waals surface area contributed by atoms with E-state index in [-0.39, 0.29) is 11.6 Å². The van der Waals surface area contributed by atoms with Crippen molar-refractivity contribution in [2.75, 3.05) is 19.0 Å². The summed E-state index contributed by atoms with van der Waals surface area (Å²) in [6.07, 6.45) is 0. The molecule has 0 amide bonds. The summed E-state index contributed by atoms with van der Waals surface area (Å²) in [5.74, 6) is 0. The highest BCUT2D eigenvalue weighted by Gasteiger charge is 2.30. The Morgan fingerprint density at radius 3 is 2.73 bits per heavy atom. The number of hydrogen-bond acceptors (Lipinski definition) is 3. The number of fused-ring (bicyclic) bond motifs is 1. The van der Waals surface area contributed by atoms with Crippen molar-refractivity contribution < 1.29 is 8.42 Å². The van der Waals surface area contributed by atoms with Crippen LogP contribution in [0.25, 0.3) is 0 Å². The van der Waals surface area contributed by atoms with E-state index in [1.165, 1.54) is 23.5 Å². The summed E-state index contributed by atoms with van der Waals surface area (Å²) in [6.45, 7) is 0.205. The topological polar surface area (TPSA) is 49.4 Å². The summed E-state index contributed by atoms with van der Waals surface area (Å²) in [5.41, 5.74) is 0.416. The number of anilines is 1. The van der Waals surface area contributed by atoms with Crippen molar-refractivity contribution in [3.05, 3.63) is 22.2 Å². The Bertz CT molecular complexity index is 516. The maximum absolute atomic E-state index is 11.9. The Kier molecular flexibility index (Phi) is 2.58. The number of nitrogens with one attached hydrogen (secondary N) is 1. The zero-order chi connectivity index (χ0) is 11.2. The van der Waals surface area contributed by atoms with E-state index >= 15 is 0 Å². The number of hydrogen-bond donors (Lipinski definition) is 1. The van der Waals surface area contributed by atoms with Crippen molar-refractivity contribution in [1.82, 2.24) is 4.31 Å². The molecule has 2 rings (SSSR count). The van der Waals surface area contributed by atoms with Crippen LogP contribution in [0.4, 0.5) is 5.69 Å². The zero-order valence-corrected chi connectivity index (χ0v) is 10.1. The second kappa shape index (κ2) is 3.52. The number of rotatable bonds is 0. The predicted molar refractivity (Wildman–Crippen MR) is 59.9 cm³/mol. The van der Waals surface area contributed by atoms with Crippen LogP contribution in [0, 0.1) is 0 Å². The van der Waals surface area contributed by atoms with Crippen molar-refractivity contribution in [3.63, 3.8) is 0 Å². The minimum absolute atomic E-state index is 0.119. The van der Waals surface area contributed by atoms with Crippen LogP contribution in [0.3, 0.4) is 0 Å². The summed E-state index contributed by atoms with van der Waals surface area (Å²) < 4.78 is 25.0. The van der Waals surface area contributed by atoms with Gasteiger partial charge in [-0.1, -0.05) is 23.2 Å². The van der Waals surface area contributed by atoms with Crippen LogP contribution in [-0.4, -0.2) is 26.4 Å². The second-order valence-electron chi connectivity index (χ2n) is 3.20. The molecule has 4 nitrogen and oxygen atoms in total. The lowest BCUT2D eigenvalue weighted by Gasteiger charge is -2.26. The monoisotopic (exact) mass is 266 g/mol. The lowest BCUT2D eigenvalue weighted by molar-refractivity contribution is 0.482. The van der Waals surface area contributed by atoms with Gasteiger partial charge in [-0.15, -0.1) is 0 Å². The largest absolute Gasteiger partial charge is 0.369 e. The fourth-order valence-corrected chi connectivity index (χ4v) is 3.34. The highest BCUT2D eigenvalue weighted by atomic mass is 35.5. The quantitative estimate of drug-likeness (QED) is 0.782. The summed E-state index contributed by atoms with van der Waals surface area (Å²) in [4.78, 5) is 0.119. The van der Waals surface area contributed by atoms with Gasteiger partial charge in [-0.2, -0.15) is 4.31 Å². The zero-order valence-electron chi connectivity index (χ0n) is 7.79. The van der Waals surface area contributed by atoms with Crippen LogP contribution in [0.1, 0.15) is 0 Å². The first kappa shape index (κ1) is 11.0. The first-order valence-electron chi connectivity index (χ1n) is 4.12. The SMILES string of the molecule is CN1CNc2c(Cl)cc(Cl)cc2S1(=O)=O. The van der Waals surface area contributed by atoms with Gasteiger partial charge in [0.1, 0.15) is 4.90 Å². The molecule has 1 N–H and O–H groups in total. The Hall–Kier alpha value is -0.490. The first-order valence-corrected chi connectivity index (χ1v) is 6.32. The van der Waals surface area contributed by atoms with E-state index in [1.54, 1.807) is 0 Å². The molecule has 0 radical (unpaired) electrons. The van der Waals surface area contributed by atoms with Crippen LogP contribution in [-0.2, 0) is 10.0 Å². The number of nitrogens with zero attached hydrogens (tertiary/aromatic N) is 1. The third kappa shape index (κ3) is 1.69. The summed E-state index contributed by atoms with van der Waals surface area (Å²) in [7, 11) is -1.98. The number of sulfonamides is 1. The summed E-state index contributed by atoms with van der Waals surface area (Å²) >= 11 is 11.7. The molecule has 0 fully saturated rings. The summed E-state index contributed by atoms with van der Waals surface area (Å²) in [6, 6.07) is 2.90. The van der Waals surface area contributed by atoms with E-state index in [0.717, 1.165) is 0 Å². The molecule has 1 aromatic carbocycles. The molecule has 1 aliphatic rings. The van der Waals surface area contributed by atoms with Gasteiger partial charge in [-0.25, -0.2) is 8.42 Å². The Balaban J connectivity index is 2.75. The predicted octanol–water partition coefficient (Wildman–Crippen LogP) is 2.00. The normalized spacial score (nSPS) is 19.4. The van der Waals surface area contributed by atoms with Crippen molar-refractivity contribution in [3.8, 4) is 0 Å². The van der Waals surface area contributed by atoms with Gasteiger partial charge in [-0.05, 0) is 12.1 Å². The molecule has 82 valence electrons. The van der Waals surface area contributed by atoms with E-state index < -0.39 is 10.0 Å². The average Bonchev–Trinajstić information content (AvgIpc) is 2.12. The maximum atomic E-state index is 11.9. The van der Waals surface area contributed by atoms with E-state index in [0.29, 0.717) is 15.7 Å². The maximum Gasteiger partial charge on any atom is 0.246 e. The molecule has 1 aromatic rings. The molecule has 1 heterocycles. The Morgan fingerprint density at radius 1 is 1.40 bits per heavy atom. The van der Waals surface area contributed by atoms with Gasteiger partial charge in [-0.3, -0.25) is 0 Å². The molecular weight excluding hydrogens is 259 g/mol. The molecule has 0 aliphatic carbocycles. The van der Waals surface area contributed by atoms with Crippen molar-refractivity contribution in [1.29, 1.82) is 0 Å². The minimum Gasteiger partial charge on any atom is -0.369 e. The smallest absolute Gasteiger partial charge is 0.246 e. The third-order valence-corrected chi connectivity index (χ3v) is 4.53. The molecule has 0 saturated carbocycles. The molecule has 0 spiro atoms. The fourth-order valence-electron chi connectivity index (χ4n) is 1.37. The highest BCUT2D eigenvalue weighted by Crippen LogP contribution is 2.36. The van der Waals surface area contributed by atoms with E-state index in [4.69, 9.17) is 23.2 Å². The number of halogens is 2. The standard InChI is InChI=1S/C8H8Cl2N2O2S/c1-12-4-11-8-6(10)2-5(9)3-7(8)15(12,13)14/h2-3,11H,4H2,1H3. The summed E-state index contributed by atoms with van der Waals surface area (Å²) in [5, 5.41) is 3.54. The van der Waals surface area contributed by atoms with Gasteiger partial charge < -0.3 is 5.32 Å². The van der Waals surface area contributed by atoms with Crippen molar-refractivity contribution in [2.45, 2.75) is 4.90 Å². The van der Waals surface area contributed by atoms with E-state index in [9.17, 15) is 8.42 Å². The van der Waals surface area contributed by atoms with Crippen LogP contribution < -0.4 is 5.32 Å². The molecule has 0 atom stereocenters. The van der Waals surface area contributed by atoms with Gasteiger partial charge in [0, 0.05) is 12.1 Å². The molecule has 0 unspecified atom stereocenters. The van der Waals surface area contributed by atoms with Gasteiger partial charge in [0.05, 0.1) is 17.4 Å². The highest BCUT2D eigenvalue weighted by molar-refractivity contribution is 7.89. The molecule has 0 aromatic heterocycles. The van der Waals surface area contributed by atoms with E-state index in [2.05, 4.69) is 5.32 Å².